The van der Waals surface area contributed by atoms with Crippen LogP contribution >= 0.6 is 27.3 Å². The van der Waals surface area contributed by atoms with Gasteiger partial charge < -0.3 is 31.5 Å². The number of aromatic hydroxyl groups is 1. The number of benzene rings is 1. The third kappa shape index (κ3) is 3.67. The molecule has 1 aromatic carbocycles. The van der Waals surface area contributed by atoms with E-state index in [1.165, 1.54) is 16.2 Å². The smallest absolute Gasteiger partial charge is 0.255 e. The molecule has 3 aliphatic carbocycles. The Morgan fingerprint density at radius 2 is 1.87 bits per heavy atom. The van der Waals surface area contributed by atoms with Gasteiger partial charge in [-0.2, -0.15) is 0 Å². The molecule has 3 aliphatic rings. The summed E-state index contributed by atoms with van der Waals surface area (Å²) in [6.07, 6.45) is -1.36. The Kier molecular flexibility index (Phi) is 6.37. The first-order valence-corrected chi connectivity index (χ1v) is 13.4. The molecular formula is C25H25BrN4O7S. The summed E-state index contributed by atoms with van der Waals surface area (Å²) < 4.78 is 0.601. The van der Waals surface area contributed by atoms with Crippen molar-refractivity contribution in [1.29, 1.82) is 0 Å². The van der Waals surface area contributed by atoms with E-state index in [1.807, 2.05) is 0 Å². The van der Waals surface area contributed by atoms with Gasteiger partial charge in [-0.25, -0.2) is 4.98 Å². The highest BCUT2D eigenvalue weighted by atomic mass is 79.9. The Morgan fingerprint density at radius 3 is 2.45 bits per heavy atom. The van der Waals surface area contributed by atoms with Gasteiger partial charge in [0.1, 0.15) is 27.4 Å². The van der Waals surface area contributed by atoms with Crippen LogP contribution in [0.3, 0.4) is 0 Å². The Balaban J connectivity index is 1.67. The highest BCUT2D eigenvalue weighted by Gasteiger charge is 2.60. The number of nitrogens with zero attached hydrogens (tertiary/aromatic N) is 2. The van der Waals surface area contributed by atoms with Gasteiger partial charge in [0.15, 0.2) is 16.7 Å². The van der Waals surface area contributed by atoms with E-state index in [4.69, 9.17) is 5.73 Å². The minimum atomic E-state index is -1.56. The number of hydrogen-bond donors (Lipinski definition) is 6. The van der Waals surface area contributed by atoms with Crippen molar-refractivity contribution < 1.29 is 34.8 Å². The number of phenols is 1. The number of halogens is 1. The number of phenolic OH excluding ortho intramolecular Hbond substituents is 1. The van der Waals surface area contributed by atoms with Crippen molar-refractivity contribution in [2.75, 3.05) is 19.4 Å². The SMILES string of the molecule is C[C@H]1c2ccc(Nc3nc(Br)cs3)c(O)c2C(O)=C2C(=O)C3C(=O)C(C(N)=O)=C(O)[C@@H](N(C)C)C3C(O)C21. The first-order valence-electron chi connectivity index (χ1n) is 11.7. The van der Waals surface area contributed by atoms with E-state index in [2.05, 4.69) is 26.2 Å². The van der Waals surface area contributed by atoms with Crippen LogP contribution in [0.1, 0.15) is 24.0 Å². The Hall–Kier alpha value is -3.26. The van der Waals surface area contributed by atoms with Crippen LogP contribution in [0, 0.1) is 17.8 Å². The molecule has 0 saturated heterocycles. The second-order valence-electron chi connectivity index (χ2n) is 9.91. The van der Waals surface area contributed by atoms with E-state index in [9.17, 15) is 34.8 Å². The lowest BCUT2D eigenvalue weighted by Crippen LogP contribution is -2.61. The summed E-state index contributed by atoms with van der Waals surface area (Å²) in [4.78, 5) is 45.1. The third-order valence-corrected chi connectivity index (χ3v) is 9.18. The zero-order valence-corrected chi connectivity index (χ0v) is 22.9. The number of rotatable bonds is 4. The maximum absolute atomic E-state index is 13.9. The number of aromatic nitrogens is 1. The number of aliphatic hydroxyl groups is 3. The number of carbonyl (C=O) groups excluding carboxylic acids is 3. The molecular weight excluding hydrogens is 580 g/mol. The van der Waals surface area contributed by atoms with E-state index in [-0.39, 0.29) is 22.6 Å². The summed E-state index contributed by atoms with van der Waals surface area (Å²) >= 11 is 4.55. The third-order valence-electron chi connectivity index (χ3n) is 7.71. The number of aliphatic hydroxyl groups excluding tert-OH is 3. The predicted octanol–water partition coefficient (Wildman–Crippen LogP) is 2.34. The van der Waals surface area contributed by atoms with Crippen molar-refractivity contribution in [3.8, 4) is 5.75 Å². The average molecular weight is 605 g/mol. The van der Waals surface area contributed by atoms with Crippen LogP contribution in [0.4, 0.5) is 10.8 Å². The summed E-state index contributed by atoms with van der Waals surface area (Å²) in [5.74, 6) is -8.63. The Morgan fingerprint density at radius 1 is 1.18 bits per heavy atom. The molecule has 0 spiro atoms. The van der Waals surface area contributed by atoms with E-state index in [0.717, 1.165) is 0 Å². The fraction of sp³-hybridized carbons (Fsp3) is 0.360. The van der Waals surface area contributed by atoms with E-state index >= 15 is 0 Å². The summed E-state index contributed by atoms with van der Waals surface area (Å²) in [7, 11) is 3.17. The fourth-order valence-electron chi connectivity index (χ4n) is 6.14. The first-order chi connectivity index (χ1) is 17.9. The zero-order valence-electron chi connectivity index (χ0n) is 20.5. The lowest BCUT2D eigenvalue weighted by atomic mass is 9.56. The van der Waals surface area contributed by atoms with Crippen molar-refractivity contribution in [2.45, 2.75) is 25.0 Å². The van der Waals surface area contributed by atoms with Crippen molar-refractivity contribution in [3.05, 3.63) is 50.1 Å². The van der Waals surface area contributed by atoms with Gasteiger partial charge in [0.2, 0.25) is 0 Å². The van der Waals surface area contributed by atoms with Gasteiger partial charge in [-0.15, -0.1) is 11.3 Å². The fourth-order valence-corrected chi connectivity index (χ4v) is 7.29. The quantitative estimate of drug-likeness (QED) is 0.172. The van der Waals surface area contributed by atoms with Gasteiger partial charge in [0.05, 0.1) is 29.3 Å². The number of likely N-dealkylation sites (N-methyl/N-ethyl adjacent to an activating group) is 1. The maximum atomic E-state index is 13.9. The van der Waals surface area contributed by atoms with Gasteiger partial charge in [-0.3, -0.25) is 19.3 Å². The minimum Gasteiger partial charge on any atom is -0.510 e. The number of hydrogen-bond acceptors (Lipinski definition) is 11. The molecule has 1 amide bonds. The minimum absolute atomic E-state index is 0.00399. The monoisotopic (exact) mass is 604 g/mol. The molecule has 38 heavy (non-hydrogen) atoms. The molecule has 5 rings (SSSR count). The molecule has 0 radical (unpaired) electrons. The van der Waals surface area contributed by atoms with E-state index in [0.29, 0.717) is 15.3 Å². The predicted molar refractivity (Wildman–Crippen MR) is 142 cm³/mol. The van der Waals surface area contributed by atoms with Crippen molar-refractivity contribution in [3.63, 3.8) is 0 Å². The number of Topliss-reactive ketones (excluding diaryl/α,β-unsaturated/α-hetero) is 2. The lowest BCUT2D eigenvalue weighted by Gasteiger charge is -2.50. The number of primary amides is 1. The maximum Gasteiger partial charge on any atom is 0.255 e. The number of fused-ring (bicyclic) bond motifs is 3. The van der Waals surface area contributed by atoms with Gasteiger partial charge in [0, 0.05) is 22.8 Å². The first kappa shape index (κ1) is 26.4. The number of thiazole rings is 1. The molecule has 11 nitrogen and oxygen atoms in total. The molecule has 4 unspecified atom stereocenters. The van der Waals surface area contributed by atoms with Gasteiger partial charge >= 0.3 is 0 Å². The van der Waals surface area contributed by atoms with Crippen molar-refractivity contribution >= 4 is 61.3 Å². The number of nitrogens with one attached hydrogen (secondary N) is 1. The molecule has 1 fully saturated rings. The molecule has 200 valence electrons. The number of anilines is 2. The van der Waals surface area contributed by atoms with Crippen LogP contribution in [-0.2, 0) is 14.4 Å². The molecule has 2 aromatic rings. The number of carbonyl (C=O) groups is 3. The summed E-state index contributed by atoms with van der Waals surface area (Å²) in [5.41, 5.74) is 5.20. The summed E-state index contributed by atoms with van der Waals surface area (Å²) in [6.45, 7) is 1.75. The largest absolute Gasteiger partial charge is 0.510 e. The van der Waals surface area contributed by atoms with Crippen molar-refractivity contribution in [1.82, 2.24) is 9.88 Å². The molecule has 13 heteroatoms. The molecule has 1 saturated carbocycles. The Labute approximate surface area is 229 Å². The highest BCUT2D eigenvalue weighted by molar-refractivity contribution is 9.10. The standard InChI is InChI=1S/C25H25BrN4O7S/c1-7-8-4-5-9(28-25-29-10(26)6-38-25)18(31)12(8)20(33)14-11(7)19(32)13-15(21(14)34)22(35)16(24(27)37)23(36)17(13)30(2)3/h4-7,11,13,15,17,19,31-33,36H,1-3H3,(H2,27,37)(H,28,29)/t7-,11?,13?,15?,17-,19?/m0/s1. The second-order valence-corrected chi connectivity index (χ2v) is 11.6. The number of amides is 1. The van der Waals surface area contributed by atoms with Crippen molar-refractivity contribution in [2.24, 2.45) is 23.5 Å². The lowest BCUT2D eigenvalue weighted by molar-refractivity contribution is -0.143. The van der Waals surface area contributed by atoms with Crippen LogP contribution in [0.5, 0.6) is 5.75 Å². The number of ketones is 2. The molecule has 6 atom stereocenters. The van der Waals surface area contributed by atoms with Crippen LogP contribution in [0.25, 0.3) is 5.76 Å². The zero-order chi connectivity index (χ0) is 27.8. The molecule has 1 aromatic heterocycles. The molecule has 7 N–H and O–H groups in total. The van der Waals surface area contributed by atoms with E-state index in [1.54, 1.807) is 38.5 Å². The van der Waals surface area contributed by atoms with Crippen LogP contribution in [0.15, 0.2) is 39.0 Å². The highest BCUT2D eigenvalue weighted by Crippen LogP contribution is 2.55. The second kappa shape index (κ2) is 9.19. The molecule has 1 heterocycles. The number of nitrogens with two attached hydrogens (primary N) is 1. The summed E-state index contributed by atoms with van der Waals surface area (Å²) in [6, 6.07) is 2.24. The van der Waals surface area contributed by atoms with Crippen LogP contribution in [-0.4, -0.2) is 74.0 Å². The Bertz CT molecular complexity index is 1470. The van der Waals surface area contributed by atoms with Gasteiger partial charge in [0.25, 0.3) is 5.91 Å². The average Bonchev–Trinajstić information content (AvgIpc) is 3.24. The van der Waals surface area contributed by atoms with Gasteiger partial charge in [-0.05, 0) is 47.6 Å². The van der Waals surface area contributed by atoms with Crippen LogP contribution < -0.4 is 11.1 Å². The topological polar surface area (TPSA) is 186 Å². The molecule has 0 bridgehead atoms. The molecule has 0 aliphatic heterocycles. The van der Waals surface area contributed by atoms with Crippen LogP contribution in [0.2, 0.25) is 0 Å². The normalized spacial score (nSPS) is 28.8. The van der Waals surface area contributed by atoms with E-state index < -0.39 is 70.4 Å². The van der Waals surface area contributed by atoms with Gasteiger partial charge in [-0.1, -0.05) is 13.0 Å². The summed E-state index contributed by atoms with van der Waals surface area (Å²) in [5, 5.41) is 50.2.